The van der Waals surface area contributed by atoms with Crippen LogP contribution in [0, 0.1) is 5.82 Å². The van der Waals surface area contributed by atoms with Gasteiger partial charge in [-0.3, -0.25) is 13.9 Å². The van der Waals surface area contributed by atoms with Gasteiger partial charge >= 0.3 is 0 Å². The quantitative estimate of drug-likeness (QED) is 0.301. The number of rotatable bonds is 12. The Morgan fingerprint density at radius 3 is 2.15 bits per heavy atom. The second-order valence-electron chi connectivity index (χ2n) is 8.85. The van der Waals surface area contributed by atoms with E-state index in [0.717, 1.165) is 16.4 Å². The van der Waals surface area contributed by atoms with Crippen LogP contribution in [-0.4, -0.2) is 51.4 Å². The number of carbonyl (C=O) groups excluding carboxylic acids is 2. The van der Waals surface area contributed by atoms with Crippen LogP contribution >= 0.6 is 23.2 Å². The number of nitrogens with zero attached hydrogens (tertiary/aromatic N) is 2. The van der Waals surface area contributed by atoms with Crippen LogP contribution in [0.25, 0.3) is 0 Å². The lowest BCUT2D eigenvalue weighted by Crippen LogP contribution is -2.51. The van der Waals surface area contributed by atoms with Gasteiger partial charge in [0.2, 0.25) is 11.8 Å². The van der Waals surface area contributed by atoms with Crippen molar-refractivity contribution in [3.63, 3.8) is 0 Å². The van der Waals surface area contributed by atoms with E-state index < -0.39 is 40.2 Å². The topological polar surface area (TPSA) is 96.0 Å². The van der Waals surface area contributed by atoms with Gasteiger partial charge < -0.3 is 15.0 Å². The monoisotopic (exact) mass is 609 g/mol. The molecule has 2 amide bonds. The molecule has 1 atom stereocenters. The minimum Gasteiger partial charge on any atom is -0.497 e. The Bertz CT molecular complexity index is 1420. The zero-order valence-corrected chi connectivity index (χ0v) is 24.6. The number of ether oxygens (including phenoxy) is 1. The van der Waals surface area contributed by atoms with Crippen LogP contribution in [0.4, 0.5) is 10.1 Å². The first kappa shape index (κ1) is 31.2. The van der Waals surface area contributed by atoms with E-state index in [1.165, 1.54) is 55.3 Å². The highest BCUT2D eigenvalue weighted by Gasteiger charge is 2.33. The minimum absolute atomic E-state index is 0.0596. The number of hydrogen-bond acceptors (Lipinski definition) is 5. The third-order valence-corrected chi connectivity index (χ3v) is 8.64. The smallest absolute Gasteiger partial charge is 0.264 e. The lowest BCUT2D eigenvalue weighted by atomic mass is 10.1. The van der Waals surface area contributed by atoms with Crippen LogP contribution in [0.2, 0.25) is 10.0 Å². The van der Waals surface area contributed by atoms with E-state index in [9.17, 15) is 22.4 Å². The van der Waals surface area contributed by atoms with Crippen molar-refractivity contribution in [3.05, 3.63) is 88.2 Å². The molecule has 0 aliphatic carbocycles. The summed E-state index contributed by atoms with van der Waals surface area (Å²) in [7, 11) is -2.87. The average molecular weight is 611 g/mol. The summed E-state index contributed by atoms with van der Waals surface area (Å²) in [6.07, 6.45) is 0.682. The minimum atomic E-state index is -4.31. The van der Waals surface area contributed by atoms with Gasteiger partial charge in [0, 0.05) is 28.7 Å². The summed E-state index contributed by atoms with van der Waals surface area (Å²) < 4.78 is 47.3. The second kappa shape index (κ2) is 13.8. The maximum Gasteiger partial charge on any atom is 0.264 e. The zero-order chi connectivity index (χ0) is 29.4. The molecule has 3 rings (SSSR count). The van der Waals surface area contributed by atoms with E-state index in [2.05, 4.69) is 5.32 Å². The van der Waals surface area contributed by atoms with Crippen molar-refractivity contribution < 1.29 is 27.1 Å². The number of halogens is 3. The molecule has 3 aromatic carbocycles. The van der Waals surface area contributed by atoms with Gasteiger partial charge in [0.15, 0.2) is 0 Å². The lowest BCUT2D eigenvalue weighted by molar-refractivity contribution is -0.139. The van der Waals surface area contributed by atoms with E-state index >= 15 is 0 Å². The predicted octanol–water partition coefficient (Wildman–Crippen LogP) is 5.28. The SMILES string of the molecule is CCCNC(=O)[C@@H](C)N(Cc1c(Cl)cccc1Cl)C(=O)CN(c1ccc(F)cc1)S(=O)(=O)c1ccc(OC)cc1. The lowest BCUT2D eigenvalue weighted by Gasteiger charge is -2.32. The highest BCUT2D eigenvalue weighted by atomic mass is 35.5. The Morgan fingerprint density at radius 1 is 1.00 bits per heavy atom. The van der Waals surface area contributed by atoms with Gasteiger partial charge in [-0.1, -0.05) is 36.2 Å². The third kappa shape index (κ3) is 7.44. The van der Waals surface area contributed by atoms with E-state index in [4.69, 9.17) is 27.9 Å². The molecule has 40 heavy (non-hydrogen) atoms. The third-order valence-electron chi connectivity index (χ3n) is 6.15. The van der Waals surface area contributed by atoms with Crippen molar-refractivity contribution in [3.8, 4) is 5.75 Å². The number of sulfonamides is 1. The fraction of sp³-hybridized carbons (Fsp3) is 0.286. The summed E-state index contributed by atoms with van der Waals surface area (Å²) in [6, 6.07) is 14.2. The van der Waals surface area contributed by atoms with E-state index in [-0.39, 0.29) is 27.2 Å². The summed E-state index contributed by atoms with van der Waals surface area (Å²) in [4.78, 5) is 27.9. The molecule has 0 aromatic heterocycles. The maximum atomic E-state index is 13.9. The normalized spacial score (nSPS) is 11.9. The molecule has 0 spiro atoms. The number of amides is 2. The molecule has 0 unspecified atom stereocenters. The Labute approximate surface area is 243 Å². The molecule has 0 radical (unpaired) electrons. The first-order valence-electron chi connectivity index (χ1n) is 12.4. The fourth-order valence-electron chi connectivity index (χ4n) is 3.84. The molecule has 0 aliphatic heterocycles. The first-order chi connectivity index (χ1) is 19.0. The van der Waals surface area contributed by atoms with Crippen molar-refractivity contribution in [1.82, 2.24) is 10.2 Å². The summed E-state index contributed by atoms with van der Waals surface area (Å²) in [6.45, 7) is 2.98. The van der Waals surface area contributed by atoms with Gasteiger partial charge in [0.1, 0.15) is 24.2 Å². The van der Waals surface area contributed by atoms with Gasteiger partial charge in [-0.2, -0.15) is 0 Å². The summed E-state index contributed by atoms with van der Waals surface area (Å²) >= 11 is 12.7. The standard InChI is InChI=1S/C28H30Cl2FN3O5S/c1-4-16-32-28(36)19(2)33(17-24-25(29)6-5-7-26(24)30)27(35)18-34(21-10-8-20(31)9-11-21)40(37,38)23-14-12-22(39-3)13-15-23/h5-15,19H,4,16-18H2,1-3H3,(H,32,36)/t19-/m1/s1. The molecule has 0 saturated heterocycles. The van der Waals surface area contributed by atoms with Crippen LogP contribution < -0.4 is 14.4 Å². The van der Waals surface area contributed by atoms with Crippen LogP contribution in [-0.2, 0) is 26.2 Å². The van der Waals surface area contributed by atoms with Crippen molar-refractivity contribution in [2.75, 3.05) is 24.5 Å². The van der Waals surface area contributed by atoms with Crippen LogP contribution in [0.5, 0.6) is 5.75 Å². The molecule has 12 heteroatoms. The molecule has 214 valence electrons. The van der Waals surface area contributed by atoms with Crippen molar-refractivity contribution in [2.45, 2.75) is 37.8 Å². The predicted molar refractivity (Wildman–Crippen MR) is 154 cm³/mol. The number of anilines is 1. The first-order valence-corrected chi connectivity index (χ1v) is 14.6. The summed E-state index contributed by atoms with van der Waals surface area (Å²) in [5.74, 6) is -1.26. The van der Waals surface area contributed by atoms with E-state index in [1.54, 1.807) is 18.2 Å². The maximum absolute atomic E-state index is 13.9. The van der Waals surface area contributed by atoms with Crippen LogP contribution in [0.1, 0.15) is 25.8 Å². The summed E-state index contributed by atoms with van der Waals surface area (Å²) in [5.41, 5.74) is 0.463. The Morgan fingerprint density at radius 2 is 1.60 bits per heavy atom. The molecule has 3 aromatic rings. The van der Waals surface area contributed by atoms with E-state index in [0.29, 0.717) is 24.3 Å². The van der Waals surface area contributed by atoms with Crippen molar-refractivity contribution in [2.24, 2.45) is 0 Å². The molecular formula is C28H30Cl2FN3O5S. The Hall–Kier alpha value is -3.34. The largest absolute Gasteiger partial charge is 0.497 e. The number of carbonyl (C=O) groups is 2. The Kier molecular flexibility index (Phi) is 10.8. The van der Waals surface area contributed by atoms with Gasteiger partial charge in [0.05, 0.1) is 17.7 Å². The number of nitrogens with one attached hydrogen (secondary N) is 1. The fourth-order valence-corrected chi connectivity index (χ4v) is 5.77. The van der Waals surface area contributed by atoms with Crippen molar-refractivity contribution in [1.29, 1.82) is 0 Å². The van der Waals surface area contributed by atoms with Gasteiger partial charge in [-0.05, 0) is 74.0 Å². The highest BCUT2D eigenvalue weighted by Crippen LogP contribution is 2.29. The molecular weight excluding hydrogens is 580 g/mol. The van der Waals surface area contributed by atoms with Gasteiger partial charge in [-0.25, -0.2) is 12.8 Å². The number of methoxy groups -OCH3 is 1. The number of benzene rings is 3. The number of hydrogen-bond donors (Lipinski definition) is 1. The molecule has 0 bridgehead atoms. The second-order valence-corrected chi connectivity index (χ2v) is 11.5. The van der Waals surface area contributed by atoms with Gasteiger partial charge in [0.25, 0.3) is 10.0 Å². The Balaban J connectivity index is 2.05. The zero-order valence-electron chi connectivity index (χ0n) is 22.2. The van der Waals surface area contributed by atoms with E-state index in [1.807, 2.05) is 6.92 Å². The molecule has 8 nitrogen and oxygen atoms in total. The van der Waals surface area contributed by atoms with Crippen LogP contribution in [0.3, 0.4) is 0 Å². The molecule has 0 heterocycles. The molecule has 1 N–H and O–H groups in total. The molecule has 0 aliphatic rings. The molecule has 0 fully saturated rings. The highest BCUT2D eigenvalue weighted by molar-refractivity contribution is 7.92. The van der Waals surface area contributed by atoms with Crippen molar-refractivity contribution >= 4 is 50.7 Å². The van der Waals surface area contributed by atoms with Crippen LogP contribution in [0.15, 0.2) is 71.6 Å². The van der Waals surface area contributed by atoms with Gasteiger partial charge in [-0.15, -0.1) is 0 Å². The average Bonchev–Trinajstić information content (AvgIpc) is 2.94. The summed E-state index contributed by atoms with van der Waals surface area (Å²) in [5, 5.41) is 3.33. The molecule has 0 saturated carbocycles.